The van der Waals surface area contributed by atoms with Gasteiger partial charge in [0.1, 0.15) is 0 Å². The van der Waals surface area contributed by atoms with Crippen molar-refractivity contribution in [2.45, 2.75) is 6.42 Å². The summed E-state index contributed by atoms with van der Waals surface area (Å²) in [4.78, 5) is 12.2. The minimum Gasteiger partial charge on any atom is -0.454 e. The summed E-state index contributed by atoms with van der Waals surface area (Å²) >= 11 is 6.18. The lowest BCUT2D eigenvalue weighted by Gasteiger charge is -2.05. The third kappa shape index (κ3) is 3.34. The van der Waals surface area contributed by atoms with Gasteiger partial charge in [0.15, 0.2) is 11.5 Å². The van der Waals surface area contributed by atoms with Crippen molar-refractivity contribution in [2.75, 3.05) is 6.79 Å². The molecule has 3 aromatic rings. The summed E-state index contributed by atoms with van der Waals surface area (Å²) in [6, 6.07) is 17.3. The van der Waals surface area contributed by atoms with Crippen LogP contribution in [0.25, 0.3) is 10.8 Å². The lowest BCUT2D eigenvalue weighted by Crippen LogP contribution is -2.19. The van der Waals surface area contributed by atoms with Gasteiger partial charge in [-0.3, -0.25) is 4.79 Å². The first-order valence-electron chi connectivity index (χ1n) is 8.08. The SMILES string of the molecule is O=C(Cc1cccc2ccccc12)NN=Cc1cc2c(cc1Cl)OCO2. The maximum Gasteiger partial charge on any atom is 0.244 e. The minimum atomic E-state index is -0.200. The zero-order chi connectivity index (χ0) is 17.9. The third-order valence-electron chi connectivity index (χ3n) is 4.12. The van der Waals surface area contributed by atoms with Crippen LogP contribution in [-0.2, 0) is 11.2 Å². The standard InChI is InChI=1S/C20H15ClN2O3/c21-17-10-19-18(25-12-26-19)8-15(17)11-22-23-20(24)9-14-6-3-5-13-4-1-2-7-16(13)14/h1-8,10-11H,9,12H2,(H,23,24). The number of amides is 1. The molecule has 1 aliphatic heterocycles. The monoisotopic (exact) mass is 366 g/mol. The number of fused-ring (bicyclic) bond motifs is 2. The molecule has 1 amide bonds. The largest absolute Gasteiger partial charge is 0.454 e. The van der Waals surface area contributed by atoms with E-state index in [1.807, 2.05) is 42.5 Å². The van der Waals surface area contributed by atoms with Gasteiger partial charge in [0.25, 0.3) is 0 Å². The second-order valence-electron chi connectivity index (χ2n) is 5.84. The highest BCUT2D eigenvalue weighted by Crippen LogP contribution is 2.36. The fraction of sp³-hybridized carbons (Fsp3) is 0.100. The molecule has 6 heteroatoms. The summed E-state index contributed by atoms with van der Waals surface area (Å²) in [7, 11) is 0. The van der Waals surface area contributed by atoms with Gasteiger partial charge in [-0.25, -0.2) is 5.43 Å². The van der Waals surface area contributed by atoms with Crippen molar-refractivity contribution in [1.29, 1.82) is 0 Å². The van der Waals surface area contributed by atoms with Crippen LogP contribution in [0.15, 0.2) is 59.7 Å². The number of rotatable bonds is 4. The van der Waals surface area contributed by atoms with Crippen LogP contribution in [-0.4, -0.2) is 18.9 Å². The molecule has 0 saturated carbocycles. The van der Waals surface area contributed by atoms with Crippen LogP contribution in [0, 0.1) is 0 Å². The number of ether oxygens (including phenoxy) is 2. The third-order valence-corrected chi connectivity index (χ3v) is 4.44. The summed E-state index contributed by atoms with van der Waals surface area (Å²) in [5, 5.41) is 6.64. The van der Waals surface area contributed by atoms with E-state index < -0.39 is 0 Å². The Kier molecular flexibility index (Phi) is 4.46. The Morgan fingerprint density at radius 3 is 2.77 bits per heavy atom. The predicted molar refractivity (Wildman–Crippen MR) is 101 cm³/mol. The van der Waals surface area contributed by atoms with Crippen molar-refractivity contribution >= 4 is 34.5 Å². The molecule has 0 aliphatic carbocycles. The van der Waals surface area contributed by atoms with Crippen LogP contribution >= 0.6 is 11.6 Å². The normalized spacial score (nSPS) is 12.7. The highest BCUT2D eigenvalue weighted by Gasteiger charge is 2.15. The molecule has 0 aromatic heterocycles. The van der Waals surface area contributed by atoms with E-state index in [0.29, 0.717) is 22.1 Å². The molecule has 130 valence electrons. The number of hydrogen-bond donors (Lipinski definition) is 1. The molecule has 0 saturated heterocycles. The van der Waals surface area contributed by atoms with Crippen LogP contribution in [0.3, 0.4) is 0 Å². The number of hydrogen-bond acceptors (Lipinski definition) is 4. The summed E-state index contributed by atoms with van der Waals surface area (Å²) in [5.41, 5.74) is 4.13. The topological polar surface area (TPSA) is 59.9 Å². The van der Waals surface area contributed by atoms with Gasteiger partial charge < -0.3 is 9.47 Å². The van der Waals surface area contributed by atoms with Gasteiger partial charge >= 0.3 is 0 Å². The number of hydrazone groups is 1. The molecule has 0 radical (unpaired) electrons. The molecule has 26 heavy (non-hydrogen) atoms. The first kappa shape index (κ1) is 16.4. The lowest BCUT2D eigenvalue weighted by molar-refractivity contribution is -0.120. The van der Waals surface area contributed by atoms with Gasteiger partial charge in [0.2, 0.25) is 12.7 Å². The van der Waals surface area contributed by atoms with Crippen LogP contribution in [0.1, 0.15) is 11.1 Å². The van der Waals surface area contributed by atoms with E-state index >= 15 is 0 Å². The van der Waals surface area contributed by atoms with Crippen molar-refractivity contribution in [3.05, 3.63) is 70.7 Å². The maximum atomic E-state index is 12.2. The fourth-order valence-corrected chi connectivity index (χ4v) is 3.07. The molecule has 0 atom stereocenters. The molecule has 4 rings (SSSR count). The van der Waals surface area contributed by atoms with Crippen LogP contribution in [0.5, 0.6) is 11.5 Å². The van der Waals surface area contributed by atoms with Crippen LogP contribution in [0.2, 0.25) is 5.02 Å². The molecule has 5 nitrogen and oxygen atoms in total. The zero-order valence-corrected chi connectivity index (χ0v) is 14.5. The second-order valence-corrected chi connectivity index (χ2v) is 6.24. The van der Waals surface area contributed by atoms with Crippen LogP contribution < -0.4 is 14.9 Å². The van der Waals surface area contributed by atoms with Crippen LogP contribution in [0.4, 0.5) is 0 Å². The average molecular weight is 367 g/mol. The lowest BCUT2D eigenvalue weighted by atomic mass is 10.0. The second kappa shape index (κ2) is 7.06. The first-order chi connectivity index (χ1) is 12.7. The van der Waals surface area contributed by atoms with Crippen molar-refractivity contribution in [2.24, 2.45) is 5.10 Å². The summed E-state index contributed by atoms with van der Waals surface area (Å²) in [6.07, 6.45) is 1.73. The minimum absolute atomic E-state index is 0.175. The van der Waals surface area contributed by atoms with Gasteiger partial charge in [-0.2, -0.15) is 5.10 Å². The molecule has 3 aromatic carbocycles. The Morgan fingerprint density at radius 1 is 1.12 bits per heavy atom. The van der Waals surface area contributed by atoms with E-state index in [1.165, 1.54) is 6.21 Å². The summed E-state index contributed by atoms with van der Waals surface area (Å²) in [5.74, 6) is 1.01. The summed E-state index contributed by atoms with van der Waals surface area (Å²) in [6.45, 7) is 0.175. The summed E-state index contributed by atoms with van der Waals surface area (Å²) < 4.78 is 10.6. The molecular weight excluding hydrogens is 352 g/mol. The quantitative estimate of drug-likeness (QED) is 0.562. The van der Waals surface area contributed by atoms with Gasteiger partial charge in [-0.15, -0.1) is 0 Å². The average Bonchev–Trinajstić information content (AvgIpc) is 3.09. The van der Waals surface area contributed by atoms with E-state index in [-0.39, 0.29) is 19.1 Å². The Bertz CT molecular complexity index is 1010. The van der Waals surface area contributed by atoms with Crippen molar-refractivity contribution in [3.63, 3.8) is 0 Å². The number of halogens is 1. The zero-order valence-electron chi connectivity index (χ0n) is 13.7. The number of carbonyl (C=O) groups is 1. The molecule has 1 heterocycles. The molecule has 1 aliphatic rings. The van der Waals surface area contributed by atoms with Crippen molar-refractivity contribution in [1.82, 2.24) is 5.43 Å². The Morgan fingerprint density at radius 2 is 1.88 bits per heavy atom. The smallest absolute Gasteiger partial charge is 0.244 e. The molecular formula is C20H15ClN2O3. The highest BCUT2D eigenvalue weighted by molar-refractivity contribution is 6.33. The molecule has 0 fully saturated rings. The predicted octanol–water partition coefficient (Wildman–Crippen LogP) is 3.91. The van der Waals surface area contributed by atoms with Gasteiger partial charge in [-0.05, 0) is 22.4 Å². The van der Waals surface area contributed by atoms with E-state index in [1.54, 1.807) is 12.1 Å². The molecule has 0 spiro atoms. The van der Waals surface area contributed by atoms with Gasteiger partial charge in [0.05, 0.1) is 17.7 Å². The highest BCUT2D eigenvalue weighted by atomic mass is 35.5. The first-order valence-corrected chi connectivity index (χ1v) is 8.46. The maximum absolute atomic E-state index is 12.2. The molecule has 0 unspecified atom stereocenters. The number of benzene rings is 3. The van der Waals surface area contributed by atoms with E-state index in [9.17, 15) is 4.79 Å². The van der Waals surface area contributed by atoms with E-state index in [0.717, 1.165) is 16.3 Å². The number of nitrogens with zero attached hydrogens (tertiary/aromatic N) is 1. The number of nitrogens with one attached hydrogen (secondary N) is 1. The Balaban J connectivity index is 1.45. The van der Waals surface area contributed by atoms with Gasteiger partial charge in [-0.1, -0.05) is 54.1 Å². The Labute approximate surface area is 155 Å². The van der Waals surface area contributed by atoms with E-state index in [4.69, 9.17) is 21.1 Å². The van der Waals surface area contributed by atoms with Gasteiger partial charge in [0, 0.05) is 11.6 Å². The molecule has 1 N–H and O–H groups in total. The molecule has 0 bridgehead atoms. The van der Waals surface area contributed by atoms with E-state index in [2.05, 4.69) is 10.5 Å². The number of carbonyl (C=O) groups excluding carboxylic acids is 1. The van der Waals surface area contributed by atoms with Crippen molar-refractivity contribution in [3.8, 4) is 11.5 Å². The fourth-order valence-electron chi connectivity index (χ4n) is 2.86. The van der Waals surface area contributed by atoms with Crippen molar-refractivity contribution < 1.29 is 14.3 Å². The Hall–Kier alpha value is -3.05.